The van der Waals surface area contributed by atoms with Crippen LogP contribution in [0, 0.1) is 0 Å². The van der Waals surface area contributed by atoms with Crippen molar-refractivity contribution in [2.24, 2.45) is 0 Å². The molecule has 1 aromatic carbocycles. The maximum Gasteiger partial charge on any atom is 0.308 e. The molecule has 6 heteroatoms. The van der Waals surface area contributed by atoms with Gasteiger partial charge < -0.3 is 9.47 Å². The van der Waals surface area contributed by atoms with Crippen LogP contribution < -0.4 is 4.74 Å². The van der Waals surface area contributed by atoms with E-state index in [9.17, 15) is 14.4 Å². The van der Waals surface area contributed by atoms with Gasteiger partial charge >= 0.3 is 11.9 Å². The van der Waals surface area contributed by atoms with Crippen LogP contribution in [0.2, 0.25) is 0 Å². The molecule has 0 fully saturated rings. The molecule has 0 atom stereocenters. The van der Waals surface area contributed by atoms with Gasteiger partial charge in [-0.3, -0.25) is 14.4 Å². The minimum Gasteiger partial charge on any atom is -0.457 e. The van der Waals surface area contributed by atoms with Crippen LogP contribution in [0.1, 0.15) is 29.8 Å². The second kappa shape index (κ2) is 7.04. The first-order valence-corrected chi connectivity index (χ1v) is 6.60. The van der Waals surface area contributed by atoms with Crippen LogP contribution in [-0.4, -0.2) is 24.3 Å². The molecule has 0 amide bonds. The number of hydrogen-bond donors (Lipinski definition) is 0. The van der Waals surface area contributed by atoms with Crippen molar-refractivity contribution < 1.29 is 23.9 Å². The van der Waals surface area contributed by atoms with Gasteiger partial charge in [0.2, 0.25) is 5.78 Å². The summed E-state index contributed by atoms with van der Waals surface area (Å²) in [6, 6.07) is 4.86. The molecule has 0 saturated carbocycles. The average molecular weight is 329 g/mol. The number of esters is 2. The topological polar surface area (TPSA) is 69.7 Å². The third-order valence-electron chi connectivity index (χ3n) is 2.16. The van der Waals surface area contributed by atoms with Crippen molar-refractivity contribution in [1.29, 1.82) is 0 Å². The van der Waals surface area contributed by atoms with Gasteiger partial charge in [-0.2, -0.15) is 0 Å². The maximum atomic E-state index is 11.9. The smallest absolute Gasteiger partial charge is 0.308 e. The fourth-order valence-electron chi connectivity index (χ4n) is 1.36. The molecule has 0 spiro atoms. The normalized spacial score (nSPS) is 9.84. The highest BCUT2D eigenvalue weighted by atomic mass is 79.9. The van der Waals surface area contributed by atoms with Crippen molar-refractivity contribution in [2.45, 2.75) is 19.2 Å². The van der Waals surface area contributed by atoms with Gasteiger partial charge in [-0.05, 0) is 17.7 Å². The summed E-state index contributed by atoms with van der Waals surface area (Å²) in [7, 11) is 0. The van der Waals surface area contributed by atoms with Gasteiger partial charge in [-0.25, -0.2) is 0 Å². The Labute approximate surface area is 119 Å². The quantitative estimate of drug-likeness (QED) is 0.359. The molecule has 0 aromatic heterocycles. The first kappa shape index (κ1) is 15.4. The van der Waals surface area contributed by atoms with Crippen LogP contribution in [0.25, 0.3) is 0 Å². The second-order valence-electron chi connectivity index (χ2n) is 3.76. The maximum absolute atomic E-state index is 11.9. The zero-order chi connectivity index (χ0) is 14.4. The largest absolute Gasteiger partial charge is 0.457 e. The molecular weight excluding hydrogens is 316 g/mol. The molecule has 19 heavy (non-hydrogen) atoms. The first-order valence-electron chi connectivity index (χ1n) is 5.48. The number of carbonyl (C=O) groups is 3. The monoisotopic (exact) mass is 328 g/mol. The van der Waals surface area contributed by atoms with Gasteiger partial charge in [0.25, 0.3) is 0 Å². The van der Waals surface area contributed by atoms with Gasteiger partial charge in [0.1, 0.15) is 5.75 Å². The summed E-state index contributed by atoms with van der Waals surface area (Å²) in [6.07, 6.45) is 0. The zero-order valence-electron chi connectivity index (χ0n) is 10.6. The average Bonchev–Trinajstić information content (AvgIpc) is 2.35. The minimum absolute atomic E-state index is 0.168. The Morgan fingerprint density at radius 3 is 2.37 bits per heavy atom. The number of Topliss-reactive ketones (excluding diaryl/α,β-unsaturated/α-hetero) is 1. The van der Waals surface area contributed by atoms with E-state index in [0.717, 1.165) is 5.56 Å². The fraction of sp³-hybridized carbons (Fsp3) is 0.308. The molecule has 102 valence electrons. The zero-order valence-corrected chi connectivity index (χ0v) is 12.2. The molecule has 0 bridgehead atoms. The van der Waals surface area contributed by atoms with Crippen LogP contribution in [0.15, 0.2) is 18.2 Å². The van der Waals surface area contributed by atoms with Gasteiger partial charge in [-0.1, -0.05) is 22.0 Å². The standard InChI is InChI=1S/C13H13BrO5/c1-8(15)18-7-12(17)11-4-3-10(6-14)5-13(11)19-9(2)16/h3-5H,6-7H2,1-2H3. The predicted molar refractivity (Wildman–Crippen MR) is 71.3 cm³/mol. The van der Waals surface area contributed by atoms with Gasteiger partial charge in [0, 0.05) is 19.2 Å². The number of rotatable bonds is 5. The first-order chi connectivity index (χ1) is 8.93. The Morgan fingerprint density at radius 1 is 1.16 bits per heavy atom. The summed E-state index contributed by atoms with van der Waals surface area (Å²) in [5.74, 6) is -1.32. The molecule has 0 unspecified atom stereocenters. The number of hydrogen-bond acceptors (Lipinski definition) is 5. The number of halogens is 1. The lowest BCUT2D eigenvalue weighted by atomic mass is 10.1. The lowest BCUT2D eigenvalue weighted by Crippen LogP contribution is -2.14. The Hall–Kier alpha value is -1.69. The van der Waals surface area contributed by atoms with E-state index in [1.807, 2.05) is 0 Å². The van der Waals surface area contributed by atoms with Crippen molar-refractivity contribution >= 4 is 33.7 Å². The van der Waals surface area contributed by atoms with Crippen LogP contribution in [0.5, 0.6) is 5.75 Å². The van der Waals surface area contributed by atoms with Crippen molar-refractivity contribution in [3.05, 3.63) is 29.3 Å². The summed E-state index contributed by atoms with van der Waals surface area (Å²) in [6.45, 7) is 2.09. The number of alkyl halides is 1. The van der Waals surface area contributed by atoms with E-state index in [1.54, 1.807) is 18.2 Å². The van der Waals surface area contributed by atoms with E-state index < -0.39 is 17.7 Å². The van der Waals surface area contributed by atoms with Crippen molar-refractivity contribution in [2.75, 3.05) is 6.61 Å². The van der Waals surface area contributed by atoms with E-state index in [1.165, 1.54) is 13.8 Å². The highest BCUT2D eigenvalue weighted by Gasteiger charge is 2.16. The van der Waals surface area contributed by atoms with E-state index >= 15 is 0 Å². The highest BCUT2D eigenvalue weighted by molar-refractivity contribution is 9.08. The van der Waals surface area contributed by atoms with Crippen LogP contribution in [0.4, 0.5) is 0 Å². The third-order valence-corrected chi connectivity index (χ3v) is 2.81. The SMILES string of the molecule is CC(=O)OCC(=O)c1ccc(CBr)cc1OC(C)=O. The van der Waals surface area contributed by atoms with Crippen molar-refractivity contribution in [3.8, 4) is 5.75 Å². The Kier molecular flexibility index (Phi) is 5.69. The van der Waals surface area contributed by atoms with Gasteiger partial charge in [-0.15, -0.1) is 0 Å². The van der Waals surface area contributed by atoms with Crippen molar-refractivity contribution in [3.63, 3.8) is 0 Å². The molecular formula is C13H13BrO5. The molecule has 1 aromatic rings. The van der Waals surface area contributed by atoms with Crippen LogP contribution in [0.3, 0.4) is 0 Å². The van der Waals surface area contributed by atoms with E-state index in [-0.39, 0.29) is 17.9 Å². The summed E-state index contributed by atoms with van der Waals surface area (Å²) in [5, 5.41) is 0.569. The number of ketones is 1. The lowest BCUT2D eigenvalue weighted by Gasteiger charge is -2.09. The second-order valence-corrected chi connectivity index (χ2v) is 4.32. The molecule has 0 saturated heterocycles. The molecule has 0 aliphatic carbocycles. The minimum atomic E-state index is -0.542. The van der Waals surface area contributed by atoms with Crippen molar-refractivity contribution in [1.82, 2.24) is 0 Å². The summed E-state index contributed by atoms with van der Waals surface area (Å²) in [4.78, 5) is 33.6. The van der Waals surface area contributed by atoms with E-state index in [4.69, 9.17) is 4.74 Å². The fourth-order valence-corrected chi connectivity index (χ4v) is 1.71. The molecule has 0 aliphatic heterocycles. The third kappa shape index (κ3) is 4.82. The molecule has 0 N–H and O–H groups in total. The number of benzene rings is 1. The lowest BCUT2D eigenvalue weighted by molar-refractivity contribution is -0.140. The predicted octanol–water partition coefficient (Wildman–Crippen LogP) is 2.25. The Balaban J connectivity index is 3.00. The summed E-state index contributed by atoms with van der Waals surface area (Å²) >= 11 is 3.27. The molecule has 0 aliphatic rings. The van der Waals surface area contributed by atoms with Gasteiger partial charge in [0.15, 0.2) is 6.61 Å². The molecule has 1 rings (SSSR count). The highest BCUT2D eigenvalue weighted by Crippen LogP contribution is 2.23. The number of ether oxygens (including phenoxy) is 2. The van der Waals surface area contributed by atoms with Crippen LogP contribution in [-0.2, 0) is 19.7 Å². The molecule has 0 heterocycles. The Bertz CT molecular complexity index is 510. The van der Waals surface area contributed by atoms with E-state index in [0.29, 0.717) is 5.33 Å². The van der Waals surface area contributed by atoms with E-state index in [2.05, 4.69) is 20.7 Å². The summed E-state index contributed by atoms with van der Waals surface area (Å²) in [5.41, 5.74) is 1.07. The number of carbonyl (C=O) groups excluding carboxylic acids is 3. The van der Waals surface area contributed by atoms with Gasteiger partial charge in [0.05, 0.1) is 5.56 Å². The molecule has 0 radical (unpaired) electrons. The molecule has 5 nitrogen and oxygen atoms in total. The summed E-state index contributed by atoms with van der Waals surface area (Å²) < 4.78 is 9.63. The van der Waals surface area contributed by atoms with Crippen LogP contribution >= 0.6 is 15.9 Å². The Morgan fingerprint density at radius 2 is 1.84 bits per heavy atom.